The average Bonchev–Trinajstić information content (AvgIpc) is 3.76. The number of rotatable bonds is 10. The van der Waals surface area contributed by atoms with Gasteiger partial charge in [-0.1, -0.05) is 17.7 Å². The molecule has 2 amide bonds. The number of aromatic nitrogens is 4. The van der Waals surface area contributed by atoms with Crippen molar-refractivity contribution in [3.05, 3.63) is 83.9 Å². The second-order valence-corrected chi connectivity index (χ2v) is 13.1. The molecule has 0 spiro atoms. The lowest BCUT2D eigenvalue weighted by atomic mass is 9.86. The van der Waals surface area contributed by atoms with E-state index in [0.717, 1.165) is 46.5 Å². The molecule has 254 valence electrons. The molecule has 5 heterocycles. The summed E-state index contributed by atoms with van der Waals surface area (Å²) < 4.78 is 5.86. The van der Waals surface area contributed by atoms with Gasteiger partial charge in [0.1, 0.15) is 5.16 Å². The molecule has 2 aromatic heterocycles. The number of piperazine rings is 1. The number of nitrogens with one attached hydrogen (secondary N) is 3. The van der Waals surface area contributed by atoms with E-state index in [1.165, 1.54) is 0 Å². The first-order valence-corrected chi connectivity index (χ1v) is 17.1. The van der Waals surface area contributed by atoms with Gasteiger partial charge in [0.15, 0.2) is 5.82 Å². The van der Waals surface area contributed by atoms with Crippen molar-refractivity contribution in [2.75, 3.05) is 75.8 Å². The SMILES string of the molecule is CCOCC1(C(=O)Nc2ccc3[nH]nc(C4=CCNC(Cl)=C4)c3c2)CCN(CC(=O)N2CCN(c3ccc(-c4ncccn4)cc3)CC2)C1. The number of halogens is 1. The molecule has 2 aromatic carbocycles. The maximum Gasteiger partial charge on any atom is 0.236 e. The number of likely N-dealkylation sites (tertiary alicyclic amines) is 1. The molecule has 2 fully saturated rings. The number of H-pyrrole nitrogens is 1. The molecule has 3 aliphatic heterocycles. The fourth-order valence-electron chi connectivity index (χ4n) is 6.78. The predicted molar refractivity (Wildman–Crippen MR) is 191 cm³/mol. The first kappa shape index (κ1) is 32.8. The van der Waals surface area contributed by atoms with Crippen molar-refractivity contribution in [2.24, 2.45) is 5.41 Å². The van der Waals surface area contributed by atoms with Crippen LogP contribution in [0.15, 0.2) is 78.2 Å². The van der Waals surface area contributed by atoms with Crippen molar-refractivity contribution >= 4 is 51.3 Å². The second-order valence-electron chi connectivity index (χ2n) is 12.7. The lowest BCUT2D eigenvalue weighted by Gasteiger charge is -2.37. The van der Waals surface area contributed by atoms with Crippen LogP contribution in [-0.4, -0.2) is 107 Å². The number of hydrogen-bond acceptors (Lipinski definition) is 9. The number of hydrogen-bond donors (Lipinski definition) is 3. The highest BCUT2D eigenvalue weighted by molar-refractivity contribution is 6.30. The Morgan fingerprint density at radius 3 is 2.59 bits per heavy atom. The number of dihydropyridines is 1. The third kappa shape index (κ3) is 7.17. The van der Waals surface area contributed by atoms with Gasteiger partial charge in [0.25, 0.3) is 0 Å². The third-order valence-corrected chi connectivity index (χ3v) is 9.76. The van der Waals surface area contributed by atoms with Crippen molar-refractivity contribution in [3.8, 4) is 11.4 Å². The average molecular weight is 682 g/mol. The van der Waals surface area contributed by atoms with Crippen molar-refractivity contribution in [3.63, 3.8) is 0 Å². The second kappa shape index (κ2) is 14.4. The Morgan fingerprint density at radius 2 is 1.84 bits per heavy atom. The van der Waals surface area contributed by atoms with Gasteiger partial charge in [-0.05, 0) is 74.5 Å². The number of aromatic amines is 1. The summed E-state index contributed by atoms with van der Waals surface area (Å²) in [6.07, 6.45) is 7.96. The van der Waals surface area contributed by atoms with Crippen LogP contribution in [-0.2, 0) is 14.3 Å². The number of nitrogens with zero attached hydrogens (tertiary/aromatic N) is 6. The fraction of sp³-hybridized carbons (Fsp3) is 0.361. The zero-order valence-corrected chi connectivity index (χ0v) is 28.2. The van der Waals surface area contributed by atoms with Gasteiger partial charge in [-0.2, -0.15) is 5.10 Å². The summed E-state index contributed by atoms with van der Waals surface area (Å²) in [6.45, 7) is 7.51. The first-order valence-electron chi connectivity index (χ1n) is 16.7. The Kier molecular flexibility index (Phi) is 9.61. The highest BCUT2D eigenvalue weighted by atomic mass is 35.5. The summed E-state index contributed by atoms with van der Waals surface area (Å²) >= 11 is 6.22. The third-order valence-electron chi connectivity index (χ3n) is 9.51. The molecule has 0 bridgehead atoms. The summed E-state index contributed by atoms with van der Waals surface area (Å²) in [7, 11) is 0. The highest BCUT2D eigenvalue weighted by Gasteiger charge is 2.45. The molecular formula is C36H40ClN9O3. The van der Waals surface area contributed by atoms with Crippen molar-refractivity contribution < 1.29 is 14.3 Å². The topological polar surface area (TPSA) is 132 Å². The maximum absolute atomic E-state index is 14.0. The monoisotopic (exact) mass is 681 g/mol. The number of benzene rings is 2. The Bertz CT molecular complexity index is 1870. The molecule has 3 aliphatic rings. The van der Waals surface area contributed by atoms with Crippen LogP contribution in [0.2, 0.25) is 0 Å². The minimum atomic E-state index is -0.770. The van der Waals surface area contributed by atoms with Crippen LogP contribution in [0.4, 0.5) is 11.4 Å². The van der Waals surface area contributed by atoms with E-state index >= 15 is 0 Å². The summed E-state index contributed by atoms with van der Waals surface area (Å²) in [5.41, 5.74) is 4.55. The Hall–Kier alpha value is -4.78. The summed E-state index contributed by atoms with van der Waals surface area (Å²) in [5.74, 6) is 0.680. The highest BCUT2D eigenvalue weighted by Crippen LogP contribution is 2.34. The van der Waals surface area contributed by atoms with Gasteiger partial charge >= 0.3 is 0 Å². The summed E-state index contributed by atoms with van der Waals surface area (Å²) in [6, 6.07) is 15.8. The Balaban J connectivity index is 0.961. The molecule has 1 unspecified atom stereocenters. The molecule has 2 saturated heterocycles. The number of amides is 2. The fourth-order valence-corrected chi connectivity index (χ4v) is 6.97. The normalized spacial score (nSPS) is 19.8. The number of allylic oxidation sites excluding steroid dienone is 2. The molecule has 0 aliphatic carbocycles. The molecule has 0 radical (unpaired) electrons. The van der Waals surface area contributed by atoms with Crippen LogP contribution in [0.25, 0.3) is 27.9 Å². The Labute approximate surface area is 290 Å². The number of fused-ring (bicyclic) bond motifs is 1. The van der Waals surface area contributed by atoms with E-state index in [2.05, 4.69) is 52.7 Å². The van der Waals surface area contributed by atoms with Crippen molar-refractivity contribution in [2.45, 2.75) is 13.3 Å². The van der Waals surface area contributed by atoms with Gasteiger partial charge < -0.3 is 25.2 Å². The predicted octanol–water partition coefficient (Wildman–Crippen LogP) is 4.10. The van der Waals surface area contributed by atoms with Crippen LogP contribution in [0.5, 0.6) is 0 Å². The smallest absolute Gasteiger partial charge is 0.236 e. The molecule has 12 nitrogen and oxygen atoms in total. The van der Waals surface area contributed by atoms with E-state index in [1.807, 2.05) is 54.3 Å². The first-order chi connectivity index (χ1) is 23.9. The molecular weight excluding hydrogens is 642 g/mol. The lowest BCUT2D eigenvalue weighted by Crippen LogP contribution is -2.51. The molecule has 1 atom stereocenters. The van der Waals surface area contributed by atoms with Crippen LogP contribution in [0.1, 0.15) is 19.0 Å². The minimum absolute atomic E-state index is 0.0863. The zero-order chi connectivity index (χ0) is 33.8. The van der Waals surface area contributed by atoms with E-state index in [9.17, 15) is 9.59 Å². The standard InChI is InChI=1S/C36H40ClN9O3/c1-2-49-24-36(35(48)41-27-6-9-30-29(21-27)33(43-42-30)26-10-14-38-31(37)20-26)11-15-44(23-36)22-32(47)46-18-16-45(17-19-46)28-7-4-25(5-8-28)34-39-12-3-13-40-34/h3-10,12-13,20-21,38H,2,11,14-19,22-24H2,1H3,(H,41,48)(H,42,43). The number of ether oxygens (including phenoxy) is 1. The molecule has 4 aromatic rings. The van der Waals surface area contributed by atoms with Crippen LogP contribution in [0, 0.1) is 5.41 Å². The van der Waals surface area contributed by atoms with Crippen molar-refractivity contribution in [1.29, 1.82) is 0 Å². The lowest BCUT2D eigenvalue weighted by molar-refractivity contribution is -0.134. The van der Waals surface area contributed by atoms with E-state index in [1.54, 1.807) is 18.5 Å². The molecule has 0 saturated carbocycles. The molecule has 3 N–H and O–H groups in total. The van der Waals surface area contributed by atoms with Gasteiger partial charge in [-0.15, -0.1) is 0 Å². The van der Waals surface area contributed by atoms with Gasteiger partial charge in [-0.25, -0.2) is 9.97 Å². The van der Waals surface area contributed by atoms with Crippen LogP contribution < -0.4 is 15.5 Å². The van der Waals surface area contributed by atoms with Crippen LogP contribution in [0.3, 0.4) is 0 Å². The van der Waals surface area contributed by atoms with Gasteiger partial charge in [-0.3, -0.25) is 19.6 Å². The largest absolute Gasteiger partial charge is 0.381 e. The van der Waals surface area contributed by atoms with Crippen molar-refractivity contribution in [1.82, 2.24) is 35.3 Å². The van der Waals surface area contributed by atoms with Crippen LogP contribution >= 0.6 is 11.6 Å². The molecule has 49 heavy (non-hydrogen) atoms. The number of carbonyl (C=O) groups is 2. The quantitative estimate of drug-likeness (QED) is 0.212. The zero-order valence-electron chi connectivity index (χ0n) is 27.5. The van der Waals surface area contributed by atoms with E-state index < -0.39 is 5.41 Å². The van der Waals surface area contributed by atoms with Gasteiger partial charge in [0.2, 0.25) is 11.8 Å². The summed E-state index contributed by atoms with van der Waals surface area (Å²) in [5, 5.41) is 15.3. The van der Waals surface area contributed by atoms with Gasteiger partial charge in [0.05, 0.1) is 29.8 Å². The molecule has 7 rings (SSSR count). The van der Waals surface area contributed by atoms with E-state index in [4.69, 9.17) is 16.3 Å². The Morgan fingerprint density at radius 1 is 1.04 bits per heavy atom. The maximum atomic E-state index is 14.0. The van der Waals surface area contributed by atoms with E-state index in [0.29, 0.717) is 62.4 Å². The van der Waals surface area contributed by atoms with Gasteiger partial charge in [0, 0.05) is 86.2 Å². The minimum Gasteiger partial charge on any atom is -0.381 e. The number of carbonyl (C=O) groups excluding carboxylic acids is 2. The summed E-state index contributed by atoms with van der Waals surface area (Å²) in [4.78, 5) is 42.4. The van der Waals surface area contributed by atoms with E-state index in [-0.39, 0.29) is 25.0 Å². The number of anilines is 2. The molecule has 13 heteroatoms.